The van der Waals surface area contributed by atoms with Crippen molar-refractivity contribution < 1.29 is 17.9 Å². The molecule has 2 aromatic carbocycles. The molecule has 0 aromatic heterocycles. The summed E-state index contributed by atoms with van der Waals surface area (Å²) in [6.45, 7) is 3.93. The van der Waals surface area contributed by atoms with Gasteiger partial charge in [0.25, 0.3) is 0 Å². The third kappa shape index (κ3) is 5.23. The van der Waals surface area contributed by atoms with Gasteiger partial charge >= 0.3 is 0 Å². The second-order valence-electron chi connectivity index (χ2n) is 6.35. The second kappa shape index (κ2) is 8.90. The number of methoxy groups -OCH3 is 1. The van der Waals surface area contributed by atoms with Crippen LogP contribution in [-0.4, -0.2) is 33.7 Å². The predicted molar refractivity (Wildman–Crippen MR) is 107 cm³/mol. The third-order valence-corrected chi connectivity index (χ3v) is 5.41. The Morgan fingerprint density at radius 3 is 2.48 bits per heavy atom. The fourth-order valence-electron chi connectivity index (χ4n) is 2.97. The van der Waals surface area contributed by atoms with Crippen molar-refractivity contribution in [3.63, 3.8) is 0 Å². The van der Waals surface area contributed by atoms with Crippen molar-refractivity contribution in [2.75, 3.05) is 17.7 Å². The van der Waals surface area contributed by atoms with Crippen LogP contribution >= 0.6 is 0 Å². The Morgan fingerprint density at radius 2 is 1.89 bits per heavy atom. The van der Waals surface area contributed by atoms with Gasteiger partial charge in [0, 0.05) is 12.1 Å². The van der Waals surface area contributed by atoms with Gasteiger partial charge in [-0.05, 0) is 37.1 Å². The smallest absolute Gasteiger partial charge is 0.244 e. The molecule has 0 bridgehead atoms. The summed E-state index contributed by atoms with van der Waals surface area (Å²) in [4.78, 5) is 12.8. The number of benzene rings is 2. The molecule has 6 nitrogen and oxygen atoms in total. The van der Waals surface area contributed by atoms with Crippen molar-refractivity contribution in [2.24, 2.45) is 0 Å². The van der Waals surface area contributed by atoms with Crippen LogP contribution < -0.4 is 14.4 Å². The van der Waals surface area contributed by atoms with Crippen molar-refractivity contribution in [3.8, 4) is 5.75 Å². The van der Waals surface area contributed by atoms with Crippen molar-refractivity contribution in [1.29, 1.82) is 0 Å². The quantitative estimate of drug-likeness (QED) is 0.752. The minimum atomic E-state index is -3.64. The van der Waals surface area contributed by atoms with Gasteiger partial charge in [0.15, 0.2) is 0 Å². The summed E-state index contributed by atoms with van der Waals surface area (Å²) in [6, 6.07) is 13.7. The van der Waals surface area contributed by atoms with Crippen LogP contribution in [0, 0.1) is 6.92 Å². The van der Waals surface area contributed by atoms with Crippen molar-refractivity contribution in [1.82, 2.24) is 5.32 Å². The lowest BCUT2D eigenvalue weighted by Crippen LogP contribution is -2.49. The molecule has 1 N–H and O–H groups in total. The number of nitrogens with zero attached hydrogens (tertiary/aromatic N) is 1. The molecule has 7 heteroatoms. The molecular weight excluding hydrogens is 364 g/mol. The van der Waals surface area contributed by atoms with Crippen LogP contribution in [0.25, 0.3) is 0 Å². The number of hydrogen-bond acceptors (Lipinski definition) is 4. The molecule has 1 amide bonds. The van der Waals surface area contributed by atoms with Crippen molar-refractivity contribution >= 4 is 21.6 Å². The first kappa shape index (κ1) is 20.8. The average Bonchev–Trinajstić information content (AvgIpc) is 2.63. The normalized spacial score (nSPS) is 12.3. The number of sulfonamides is 1. The number of amides is 1. The molecular formula is C20H26N2O4S. The van der Waals surface area contributed by atoms with Gasteiger partial charge in [-0.3, -0.25) is 9.10 Å². The van der Waals surface area contributed by atoms with E-state index < -0.39 is 16.1 Å². The molecule has 0 heterocycles. The van der Waals surface area contributed by atoms with Crippen LogP contribution in [0.3, 0.4) is 0 Å². The van der Waals surface area contributed by atoms with Crippen molar-refractivity contribution in [2.45, 2.75) is 32.9 Å². The number of hydrogen-bond donors (Lipinski definition) is 1. The number of nitrogens with one attached hydrogen (secondary N) is 1. The highest BCUT2D eigenvalue weighted by Crippen LogP contribution is 2.24. The van der Waals surface area contributed by atoms with E-state index in [2.05, 4.69) is 5.32 Å². The summed E-state index contributed by atoms with van der Waals surface area (Å²) >= 11 is 0. The van der Waals surface area contributed by atoms with E-state index in [1.807, 2.05) is 37.3 Å². The minimum absolute atomic E-state index is 0.255. The number of carbonyl (C=O) groups is 1. The topological polar surface area (TPSA) is 75.7 Å². The first-order chi connectivity index (χ1) is 12.8. The Kier molecular flexibility index (Phi) is 6.85. The molecule has 0 aliphatic heterocycles. The molecule has 27 heavy (non-hydrogen) atoms. The van der Waals surface area contributed by atoms with Gasteiger partial charge in [-0.15, -0.1) is 0 Å². The van der Waals surface area contributed by atoms with Gasteiger partial charge in [-0.2, -0.15) is 0 Å². The molecule has 0 spiro atoms. The highest BCUT2D eigenvalue weighted by atomic mass is 32.2. The molecule has 2 rings (SSSR count). The number of carbonyl (C=O) groups excluding carboxylic acids is 1. The number of aryl methyl sites for hydroxylation is 1. The number of ether oxygens (including phenoxy) is 1. The first-order valence-electron chi connectivity index (χ1n) is 8.73. The van der Waals surface area contributed by atoms with Crippen LogP contribution in [0.2, 0.25) is 0 Å². The Morgan fingerprint density at radius 1 is 1.19 bits per heavy atom. The summed E-state index contributed by atoms with van der Waals surface area (Å²) < 4.78 is 31.4. The van der Waals surface area contributed by atoms with Crippen LogP contribution in [0.15, 0.2) is 48.5 Å². The number of anilines is 1. The molecule has 0 radical (unpaired) electrons. The Labute approximate surface area is 161 Å². The largest absolute Gasteiger partial charge is 0.496 e. The van der Waals surface area contributed by atoms with Crippen LogP contribution in [0.5, 0.6) is 5.75 Å². The van der Waals surface area contributed by atoms with Gasteiger partial charge in [0.05, 0.1) is 19.1 Å². The zero-order valence-electron chi connectivity index (χ0n) is 16.1. The molecule has 1 atom stereocenters. The maximum Gasteiger partial charge on any atom is 0.244 e. The molecule has 146 valence electrons. The Hall–Kier alpha value is -2.54. The summed E-state index contributed by atoms with van der Waals surface area (Å²) in [5.74, 6) is 0.319. The predicted octanol–water partition coefficient (Wildman–Crippen LogP) is 2.86. The summed E-state index contributed by atoms with van der Waals surface area (Å²) in [7, 11) is -2.07. The van der Waals surface area contributed by atoms with E-state index in [0.717, 1.165) is 17.4 Å². The lowest BCUT2D eigenvalue weighted by Gasteiger charge is -2.30. The Balaban J connectivity index is 2.27. The number of para-hydroxylation sites is 1. The SMILES string of the molecule is CCC(C(=O)NCc1ccccc1OC)N(c1cccc(C)c1)S(C)(=O)=O. The molecule has 1 unspecified atom stereocenters. The highest BCUT2D eigenvalue weighted by molar-refractivity contribution is 7.92. The van der Waals surface area contributed by atoms with E-state index in [9.17, 15) is 13.2 Å². The zero-order valence-corrected chi connectivity index (χ0v) is 16.9. The molecule has 0 aliphatic rings. The summed E-state index contributed by atoms with van der Waals surface area (Å²) in [6.07, 6.45) is 1.46. The van der Waals surface area contributed by atoms with Gasteiger partial charge in [-0.25, -0.2) is 8.42 Å². The maximum absolute atomic E-state index is 12.8. The van der Waals surface area contributed by atoms with Crippen LogP contribution in [-0.2, 0) is 21.4 Å². The average molecular weight is 391 g/mol. The van der Waals surface area contributed by atoms with E-state index >= 15 is 0 Å². The van der Waals surface area contributed by atoms with Gasteiger partial charge in [0.2, 0.25) is 15.9 Å². The van der Waals surface area contributed by atoms with E-state index in [4.69, 9.17) is 4.74 Å². The molecule has 0 saturated heterocycles. The number of rotatable bonds is 8. The van der Waals surface area contributed by atoms with Gasteiger partial charge < -0.3 is 10.1 Å². The first-order valence-corrected chi connectivity index (χ1v) is 10.6. The van der Waals surface area contributed by atoms with E-state index in [0.29, 0.717) is 17.9 Å². The lowest BCUT2D eigenvalue weighted by molar-refractivity contribution is -0.122. The Bertz CT molecular complexity index is 896. The summed E-state index contributed by atoms with van der Waals surface area (Å²) in [5.41, 5.74) is 2.23. The fourth-order valence-corrected chi connectivity index (χ4v) is 4.18. The molecule has 0 saturated carbocycles. The third-order valence-electron chi connectivity index (χ3n) is 4.23. The molecule has 0 aliphatic carbocycles. The monoisotopic (exact) mass is 390 g/mol. The molecule has 2 aromatic rings. The van der Waals surface area contributed by atoms with Crippen LogP contribution in [0.1, 0.15) is 24.5 Å². The second-order valence-corrected chi connectivity index (χ2v) is 8.21. The lowest BCUT2D eigenvalue weighted by atomic mass is 10.1. The van der Waals surface area contributed by atoms with E-state index in [1.54, 1.807) is 32.2 Å². The van der Waals surface area contributed by atoms with Gasteiger partial charge in [-0.1, -0.05) is 37.3 Å². The van der Waals surface area contributed by atoms with Crippen molar-refractivity contribution in [3.05, 3.63) is 59.7 Å². The van der Waals surface area contributed by atoms with E-state index in [1.165, 1.54) is 4.31 Å². The summed E-state index contributed by atoms with van der Waals surface area (Å²) in [5, 5.41) is 2.84. The minimum Gasteiger partial charge on any atom is -0.496 e. The zero-order chi connectivity index (χ0) is 20.0. The fraction of sp³-hybridized carbons (Fsp3) is 0.350. The molecule has 0 fully saturated rings. The van der Waals surface area contributed by atoms with E-state index in [-0.39, 0.29) is 12.5 Å². The van der Waals surface area contributed by atoms with Crippen LogP contribution in [0.4, 0.5) is 5.69 Å². The standard InChI is InChI=1S/C20H26N2O4S/c1-5-18(20(23)21-14-16-10-6-7-12-19(16)26-3)22(27(4,24)25)17-11-8-9-15(2)13-17/h6-13,18H,5,14H2,1-4H3,(H,21,23). The van der Waals surface area contributed by atoms with Gasteiger partial charge in [0.1, 0.15) is 11.8 Å². The maximum atomic E-state index is 12.8. The highest BCUT2D eigenvalue weighted by Gasteiger charge is 2.31.